The molecular formula is C18H17ClN2O4. The number of amides is 2. The third-order valence-electron chi connectivity index (χ3n) is 3.79. The molecule has 3 rings (SSSR count). The number of anilines is 2. The van der Waals surface area contributed by atoms with Gasteiger partial charge in [-0.1, -0.05) is 11.6 Å². The second-order valence-electron chi connectivity index (χ2n) is 5.64. The van der Waals surface area contributed by atoms with Crippen molar-refractivity contribution in [2.75, 3.05) is 17.7 Å². The van der Waals surface area contributed by atoms with Gasteiger partial charge in [-0.3, -0.25) is 9.59 Å². The number of halogens is 1. The smallest absolute Gasteiger partial charge is 0.265 e. The first kappa shape index (κ1) is 17.1. The van der Waals surface area contributed by atoms with E-state index in [1.54, 1.807) is 43.3 Å². The predicted octanol–water partition coefficient (Wildman–Crippen LogP) is 3.25. The summed E-state index contributed by atoms with van der Waals surface area (Å²) in [5.74, 6) is 0.720. The molecule has 130 valence electrons. The topological polar surface area (TPSA) is 76.7 Å². The summed E-state index contributed by atoms with van der Waals surface area (Å²) in [5.41, 5.74) is 1.78. The van der Waals surface area contributed by atoms with Crippen molar-refractivity contribution in [3.8, 4) is 11.5 Å². The molecule has 1 aliphatic heterocycles. The lowest BCUT2D eigenvalue weighted by Crippen LogP contribution is -2.34. The highest BCUT2D eigenvalue weighted by molar-refractivity contribution is 6.30. The Labute approximate surface area is 150 Å². The molecule has 0 spiro atoms. The van der Waals surface area contributed by atoms with Crippen LogP contribution in [0.3, 0.4) is 0 Å². The van der Waals surface area contributed by atoms with Gasteiger partial charge in [0, 0.05) is 16.3 Å². The lowest BCUT2D eigenvalue weighted by atomic mass is 10.1. The first-order chi connectivity index (χ1) is 12.0. The summed E-state index contributed by atoms with van der Waals surface area (Å²) in [7, 11) is 1.54. The molecule has 2 aromatic rings. The molecule has 0 bridgehead atoms. The average Bonchev–Trinajstić information content (AvgIpc) is 2.56. The highest BCUT2D eigenvalue weighted by Gasteiger charge is 2.23. The highest BCUT2D eigenvalue weighted by atomic mass is 35.5. The van der Waals surface area contributed by atoms with Gasteiger partial charge in [0.25, 0.3) is 5.91 Å². The van der Waals surface area contributed by atoms with Gasteiger partial charge in [0.15, 0.2) is 6.10 Å². The zero-order chi connectivity index (χ0) is 18.0. The van der Waals surface area contributed by atoms with Crippen LogP contribution in [0.5, 0.6) is 11.5 Å². The number of ether oxygens (including phenoxy) is 2. The Bertz CT molecular complexity index is 838. The minimum Gasteiger partial charge on any atom is -0.496 e. The molecule has 2 N–H and O–H groups in total. The number of hydrogen-bond donors (Lipinski definition) is 2. The van der Waals surface area contributed by atoms with Crippen molar-refractivity contribution >= 4 is 34.8 Å². The van der Waals surface area contributed by atoms with E-state index >= 15 is 0 Å². The van der Waals surface area contributed by atoms with Gasteiger partial charge in [0.1, 0.15) is 11.5 Å². The number of carbonyl (C=O) groups is 2. The fraction of sp³-hybridized carbons (Fsp3) is 0.222. The molecule has 0 saturated heterocycles. The molecule has 25 heavy (non-hydrogen) atoms. The lowest BCUT2D eigenvalue weighted by Gasteiger charge is -2.23. The zero-order valence-electron chi connectivity index (χ0n) is 13.8. The van der Waals surface area contributed by atoms with E-state index in [2.05, 4.69) is 10.6 Å². The molecule has 0 saturated carbocycles. The van der Waals surface area contributed by atoms with Gasteiger partial charge < -0.3 is 20.1 Å². The molecule has 0 unspecified atom stereocenters. The van der Waals surface area contributed by atoms with Crippen LogP contribution >= 0.6 is 11.6 Å². The Morgan fingerprint density at radius 1 is 1.32 bits per heavy atom. The predicted molar refractivity (Wildman–Crippen MR) is 95.5 cm³/mol. The molecule has 6 nitrogen and oxygen atoms in total. The number of benzene rings is 2. The van der Waals surface area contributed by atoms with Crippen LogP contribution < -0.4 is 20.1 Å². The fourth-order valence-corrected chi connectivity index (χ4v) is 2.74. The van der Waals surface area contributed by atoms with Crippen LogP contribution in [-0.2, 0) is 16.0 Å². The van der Waals surface area contributed by atoms with Gasteiger partial charge in [0.05, 0.1) is 19.2 Å². The van der Waals surface area contributed by atoms with Crippen LogP contribution in [0.4, 0.5) is 11.4 Å². The summed E-state index contributed by atoms with van der Waals surface area (Å²) >= 11 is 5.98. The third-order valence-corrected chi connectivity index (χ3v) is 4.02. The highest BCUT2D eigenvalue weighted by Crippen LogP contribution is 2.32. The normalized spacial score (nSPS) is 15.6. The summed E-state index contributed by atoms with van der Waals surface area (Å²) in [6.07, 6.45) is -0.427. The molecule has 2 amide bonds. The zero-order valence-corrected chi connectivity index (χ0v) is 14.5. The maximum Gasteiger partial charge on any atom is 0.265 e. The molecule has 1 aliphatic rings. The molecule has 0 fully saturated rings. The molecular weight excluding hydrogens is 344 g/mol. The summed E-state index contributed by atoms with van der Waals surface area (Å²) in [6.45, 7) is 1.67. The number of nitrogens with one attached hydrogen (secondary N) is 2. The van der Waals surface area contributed by atoms with Crippen LogP contribution in [0, 0.1) is 0 Å². The first-order valence-electron chi connectivity index (χ1n) is 7.70. The van der Waals surface area contributed by atoms with Crippen molar-refractivity contribution in [2.45, 2.75) is 19.4 Å². The van der Waals surface area contributed by atoms with Crippen LogP contribution in [0.1, 0.15) is 12.5 Å². The Morgan fingerprint density at radius 3 is 2.88 bits per heavy atom. The Hall–Kier alpha value is -2.73. The minimum atomic E-state index is -0.539. The quantitative estimate of drug-likeness (QED) is 0.877. The maximum atomic E-state index is 12.3. The SMILES string of the molecule is COc1ccc(Cl)cc1CC(=O)Nc1ccc2c(c1)NC(=O)[C@H](C)O2. The molecule has 0 radical (unpaired) electrons. The summed E-state index contributed by atoms with van der Waals surface area (Å²) < 4.78 is 10.7. The minimum absolute atomic E-state index is 0.112. The van der Waals surface area contributed by atoms with E-state index in [1.165, 1.54) is 7.11 Å². The Kier molecular flexibility index (Phi) is 4.81. The number of rotatable bonds is 4. The monoisotopic (exact) mass is 360 g/mol. The average molecular weight is 361 g/mol. The van der Waals surface area contributed by atoms with E-state index in [0.29, 0.717) is 33.5 Å². The molecule has 2 aromatic carbocycles. The Morgan fingerprint density at radius 2 is 2.12 bits per heavy atom. The lowest BCUT2D eigenvalue weighted by molar-refractivity contribution is -0.122. The standard InChI is InChI=1S/C18H17ClN2O4/c1-10-18(23)21-14-9-13(4-6-16(14)25-10)20-17(22)8-11-7-12(19)3-5-15(11)24-2/h3-7,9-10H,8H2,1-2H3,(H,20,22)(H,21,23)/t10-/m0/s1. The van der Waals surface area contributed by atoms with E-state index in [1.807, 2.05) is 0 Å². The van der Waals surface area contributed by atoms with Gasteiger partial charge in [-0.15, -0.1) is 0 Å². The van der Waals surface area contributed by atoms with E-state index in [-0.39, 0.29) is 18.2 Å². The van der Waals surface area contributed by atoms with Gasteiger partial charge >= 0.3 is 0 Å². The van der Waals surface area contributed by atoms with Crippen LogP contribution in [0.15, 0.2) is 36.4 Å². The van der Waals surface area contributed by atoms with Crippen molar-refractivity contribution in [1.82, 2.24) is 0 Å². The maximum absolute atomic E-state index is 12.3. The molecule has 1 atom stereocenters. The van der Waals surface area contributed by atoms with Gasteiger partial charge in [-0.25, -0.2) is 0 Å². The van der Waals surface area contributed by atoms with Crippen molar-refractivity contribution < 1.29 is 19.1 Å². The van der Waals surface area contributed by atoms with Gasteiger partial charge in [-0.05, 0) is 43.3 Å². The fourth-order valence-electron chi connectivity index (χ4n) is 2.55. The van der Waals surface area contributed by atoms with Crippen molar-refractivity contribution in [2.24, 2.45) is 0 Å². The molecule has 0 aromatic heterocycles. The largest absolute Gasteiger partial charge is 0.496 e. The number of hydrogen-bond acceptors (Lipinski definition) is 4. The van der Waals surface area contributed by atoms with Crippen LogP contribution in [0.25, 0.3) is 0 Å². The summed E-state index contributed by atoms with van der Waals surface area (Å²) in [4.78, 5) is 24.0. The number of fused-ring (bicyclic) bond motifs is 1. The third kappa shape index (κ3) is 3.85. The number of methoxy groups -OCH3 is 1. The van der Waals surface area contributed by atoms with E-state index < -0.39 is 6.10 Å². The summed E-state index contributed by atoms with van der Waals surface area (Å²) in [6, 6.07) is 10.2. The van der Waals surface area contributed by atoms with Gasteiger partial charge in [0.2, 0.25) is 5.91 Å². The number of carbonyl (C=O) groups excluding carboxylic acids is 2. The van der Waals surface area contributed by atoms with Gasteiger partial charge in [-0.2, -0.15) is 0 Å². The first-order valence-corrected chi connectivity index (χ1v) is 8.08. The van der Waals surface area contributed by atoms with E-state index in [9.17, 15) is 9.59 Å². The van der Waals surface area contributed by atoms with Crippen LogP contribution in [-0.4, -0.2) is 25.0 Å². The van der Waals surface area contributed by atoms with Crippen molar-refractivity contribution in [3.05, 3.63) is 47.0 Å². The second kappa shape index (κ2) is 7.03. The molecule has 1 heterocycles. The second-order valence-corrected chi connectivity index (χ2v) is 6.08. The van der Waals surface area contributed by atoms with E-state index in [0.717, 1.165) is 0 Å². The van der Waals surface area contributed by atoms with Crippen molar-refractivity contribution in [3.63, 3.8) is 0 Å². The van der Waals surface area contributed by atoms with Crippen LogP contribution in [0.2, 0.25) is 5.02 Å². The molecule has 0 aliphatic carbocycles. The Balaban J connectivity index is 1.73. The molecule has 7 heteroatoms. The van der Waals surface area contributed by atoms with Crippen molar-refractivity contribution in [1.29, 1.82) is 0 Å². The van der Waals surface area contributed by atoms with E-state index in [4.69, 9.17) is 21.1 Å². The summed E-state index contributed by atoms with van der Waals surface area (Å²) in [5, 5.41) is 6.07.